The molecule has 4 aliphatic carbocycles. The van der Waals surface area contributed by atoms with E-state index in [2.05, 4.69) is 82.3 Å². The maximum atomic E-state index is 15.7. The number of rotatable bonds is 21. The number of pyridine rings is 4. The quantitative estimate of drug-likeness (QED) is 0.0444. The Morgan fingerprint density at radius 1 is 0.425 bits per heavy atom. The third-order valence-corrected chi connectivity index (χ3v) is 29.7. The van der Waals surface area contributed by atoms with Crippen LogP contribution in [0.3, 0.4) is 0 Å². The van der Waals surface area contributed by atoms with Crippen LogP contribution in [-0.4, -0.2) is 130 Å². The molecule has 698 valence electrons. The monoisotopic (exact) mass is 1860 g/mol. The van der Waals surface area contributed by atoms with Crippen LogP contribution >= 0.6 is 22.7 Å². The number of carbonyl (C=O) groups excluding carboxylic acids is 1. The van der Waals surface area contributed by atoms with Crippen molar-refractivity contribution in [3.63, 3.8) is 0 Å². The Morgan fingerprint density at radius 3 is 1.17 bits per heavy atom. The largest absolute Gasteiger partial charge is 0.480 e. The third-order valence-electron chi connectivity index (χ3n) is 27.5. The fourth-order valence-electron chi connectivity index (χ4n) is 20.1. The highest BCUT2D eigenvalue weighted by atomic mass is 32.1. The van der Waals surface area contributed by atoms with Gasteiger partial charge >= 0.3 is 17.9 Å². The van der Waals surface area contributed by atoms with Gasteiger partial charge < -0.3 is 51.7 Å². The van der Waals surface area contributed by atoms with E-state index in [1.807, 2.05) is 128 Å². The second-order valence-corrected chi connectivity index (χ2v) is 40.1. The Labute approximate surface area is 780 Å². The van der Waals surface area contributed by atoms with E-state index < -0.39 is 40.6 Å². The number of carbonyl (C=O) groups is 4. The first kappa shape index (κ1) is 93.1. The summed E-state index contributed by atoms with van der Waals surface area (Å²) >= 11 is 2.66. The number of hydrogen-bond donors (Lipinski definition) is 3. The van der Waals surface area contributed by atoms with Crippen LogP contribution in [0.5, 0.6) is 0 Å². The number of aromatic carboxylic acids is 2. The minimum Gasteiger partial charge on any atom is -0.480 e. The summed E-state index contributed by atoms with van der Waals surface area (Å²) in [7, 11) is 0. The van der Waals surface area contributed by atoms with E-state index in [0.29, 0.717) is 96.5 Å². The van der Waals surface area contributed by atoms with E-state index in [9.17, 15) is 42.6 Å². The molecule has 134 heavy (non-hydrogen) atoms. The number of halogens is 4. The molecule has 0 aliphatic heterocycles. The van der Waals surface area contributed by atoms with Gasteiger partial charge in [0.25, 0.3) is 0 Å². The molecule has 15 heterocycles. The molecule has 25 nitrogen and oxygen atoms in total. The van der Waals surface area contributed by atoms with E-state index in [4.69, 9.17) is 43.1 Å². The van der Waals surface area contributed by atoms with Gasteiger partial charge in [0.2, 0.25) is 0 Å². The summed E-state index contributed by atoms with van der Waals surface area (Å²) < 4.78 is 90.3. The van der Waals surface area contributed by atoms with Gasteiger partial charge in [-0.05, 0) is 268 Å². The summed E-state index contributed by atoms with van der Waals surface area (Å²) in [6.45, 7) is 26.1. The minimum absolute atomic E-state index is 0.0450. The van der Waals surface area contributed by atoms with Crippen LogP contribution in [0.25, 0.3) is 132 Å². The number of aromatic nitrogens is 14. The number of carboxylic acid groups (broad SMARTS) is 3. The first-order valence-electron chi connectivity index (χ1n) is 45.9. The van der Waals surface area contributed by atoms with E-state index in [0.717, 1.165) is 256 Å². The average Bonchev–Trinajstić information content (AvgIpc) is 1.62. The average molecular weight is 1860 g/mol. The van der Waals surface area contributed by atoms with E-state index in [-0.39, 0.29) is 12.3 Å². The van der Waals surface area contributed by atoms with Crippen molar-refractivity contribution in [3.05, 3.63) is 195 Å². The number of alkyl halides is 4. The summed E-state index contributed by atoms with van der Waals surface area (Å²) in [5.41, 5.74) is 20.7. The number of ketones is 1. The number of aliphatic carboxylic acids is 1. The van der Waals surface area contributed by atoms with Gasteiger partial charge in [0, 0.05) is 153 Å². The molecule has 0 saturated heterocycles. The number of hydrogen-bond acceptors (Lipinski definition) is 19. The van der Waals surface area contributed by atoms with Crippen molar-refractivity contribution in [2.45, 2.75) is 255 Å². The second kappa shape index (κ2) is 37.6. The predicted octanol–water partition coefficient (Wildman–Crippen LogP) is 25.6. The number of aryl methyl sites for hydroxylation is 9. The topological polar surface area (TPSA) is 322 Å². The Bertz CT molecular complexity index is 7020. The van der Waals surface area contributed by atoms with E-state index in [1.165, 1.54) is 27.4 Å². The molecule has 4 fully saturated rings. The number of Topliss-reactive ketones (excluding diaryl/α,β-unsaturated/α-hetero) is 1. The third kappa shape index (κ3) is 19.8. The lowest BCUT2D eigenvalue weighted by molar-refractivity contribution is -0.137. The highest BCUT2D eigenvalue weighted by Gasteiger charge is 2.37. The summed E-state index contributed by atoms with van der Waals surface area (Å²) in [4.78, 5) is 67.0. The van der Waals surface area contributed by atoms with Crippen LogP contribution in [0.2, 0.25) is 0 Å². The smallest absolute Gasteiger partial charge is 0.345 e. The van der Waals surface area contributed by atoms with Gasteiger partial charge in [0.05, 0.1) is 90.1 Å². The zero-order chi connectivity index (χ0) is 94.7. The Morgan fingerprint density at radius 2 is 0.813 bits per heavy atom. The van der Waals surface area contributed by atoms with Gasteiger partial charge in [-0.25, -0.2) is 27.2 Å². The molecule has 0 spiro atoms. The maximum Gasteiger partial charge on any atom is 0.345 e. The minimum atomic E-state index is -1.21. The molecule has 1 aromatic carbocycles. The summed E-state index contributed by atoms with van der Waals surface area (Å²) in [6, 6.07) is 19.3. The van der Waals surface area contributed by atoms with Crippen molar-refractivity contribution >= 4 is 90.5 Å². The molecular weight excluding hydrogens is 1750 g/mol. The van der Waals surface area contributed by atoms with Crippen molar-refractivity contribution in [1.29, 1.82) is 0 Å². The van der Waals surface area contributed by atoms with Crippen LogP contribution < -0.4 is 0 Å². The Balaban J connectivity index is 0.000000124. The Hall–Kier alpha value is -12.8. The maximum absolute atomic E-state index is 15.7. The lowest BCUT2D eigenvalue weighted by Crippen LogP contribution is -2.31. The summed E-state index contributed by atoms with van der Waals surface area (Å²) in [5, 5.41) is 50.3. The second-order valence-electron chi connectivity index (χ2n) is 38.1. The van der Waals surface area contributed by atoms with Crippen LogP contribution in [0.15, 0.2) is 146 Å². The molecule has 20 rings (SSSR count). The molecule has 0 atom stereocenters. The number of carboxylic acids is 3. The van der Waals surface area contributed by atoms with Gasteiger partial charge in [-0.3, -0.25) is 34.2 Å². The molecule has 0 bridgehead atoms. The fraction of sp³-hybridized carbons (Fsp3) is 0.408. The molecule has 31 heteroatoms. The molecule has 0 radical (unpaired) electrons. The van der Waals surface area contributed by atoms with Gasteiger partial charge in [-0.2, -0.15) is 5.10 Å². The summed E-state index contributed by atoms with van der Waals surface area (Å²) in [5.74, 6) is 1.35. The van der Waals surface area contributed by atoms with Crippen LogP contribution in [0.1, 0.15) is 218 Å². The van der Waals surface area contributed by atoms with Gasteiger partial charge in [0.1, 0.15) is 57.1 Å². The predicted molar refractivity (Wildman–Crippen MR) is 510 cm³/mol. The van der Waals surface area contributed by atoms with Crippen molar-refractivity contribution in [1.82, 2.24) is 68.6 Å². The molecule has 0 amide bonds. The highest BCUT2D eigenvalue weighted by Crippen LogP contribution is 2.47. The van der Waals surface area contributed by atoms with E-state index >= 15 is 4.39 Å². The SMILES string of the molecule is CC(=O)c1ccc(-c2cn(CC3(F)CCCCC3)c3cc(-c4c(C)noc4C)cnc23)s1.Cc1cc(-c2cn(CC3CCC(C)(F)CC3)c3cc(-c4c(C)noc4C)cnc23)ccc1C(=O)O.Cc1noc(C)c1-c1cnc2c(-c3cnn(CC(=O)O)c3)cn(CC3CCC(C)(F)CC3)c2c1.Cc1noc(C)c1-c1cnc2c(-c3csc(C(=O)O)c3)cn(CC3CCC(C)(F)CC3)c2c1. The standard InChI is InChI=1S/C28H30FN3O3.C25H28FN5O3.C25H26FN3O3S.C25H26FN3O2S/c1-16-11-20(5-6-22(16)27(33)34)23-15-32(14-19-7-9-28(4,29)10-8-19)24-12-21(13-30-26(23)24)25-17(2)31-35-18(25)3;1-15-23(16(2)34-29-15)18-8-21-24(27-9-18)20(19-10-28-31(12-19)14-22(32)33)13-30(21)11-17-4-6-25(3,26)7-5-17;1-14-22(15(2)32-28-14)17-8-20-23(27-10-17)19(18-9-21(24(30)31)33-13-18)12-29(20)11-16-4-6-25(3,26)7-5-16;1-15-23(17(3)31-28-15)18-11-20-24(27-12-18)19(22-8-7-21(32-22)16(2)30)13-29(20)14-25(26)9-5-4-6-10-25/h5-6,11-13,15,19H,7-10,14H2,1-4H3,(H,33,34);8-10,12-13,17H,4-7,11,14H2,1-3H3,(H,32,33);8-10,12-13,16H,4-7,11H2,1-3H3,(H,30,31);7-8,11-13H,4-6,9-10,14H2,1-3H3. The molecule has 16 aromatic rings. The zero-order valence-corrected chi connectivity index (χ0v) is 79.2. The van der Waals surface area contributed by atoms with E-state index in [1.54, 1.807) is 52.2 Å². The fourth-order valence-corrected chi connectivity index (χ4v) is 21.8. The first-order chi connectivity index (χ1) is 63.9. The van der Waals surface area contributed by atoms with Crippen molar-refractivity contribution < 1.29 is 70.2 Å². The molecule has 4 saturated carbocycles. The van der Waals surface area contributed by atoms with Crippen molar-refractivity contribution in [2.24, 2.45) is 17.8 Å². The molecular formula is C103H110F4N14O11S2. The van der Waals surface area contributed by atoms with Crippen LogP contribution in [-0.2, 0) is 37.5 Å². The molecule has 3 N–H and O–H groups in total. The first-order valence-corrected chi connectivity index (χ1v) is 47.6. The van der Waals surface area contributed by atoms with Crippen LogP contribution in [0.4, 0.5) is 17.6 Å². The van der Waals surface area contributed by atoms with Crippen molar-refractivity contribution in [3.8, 4) is 88.3 Å². The Kier molecular flexibility index (Phi) is 26.1. The number of fused-ring (bicyclic) bond motifs is 4. The lowest BCUT2D eigenvalue weighted by atomic mass is 9.81. The highest BCUT2D eigenvalue weighted by molar-refractivity contribution is 7.17. The number of benzene rings is 1. The van der Waals surface area contributed by atoms with Gasteiger partial charge in [0.15, 0.2) is 5.78 Å². The van der Waals surface area contributed by atoms with Gasteiger partial charge in [-0.1, -0.05) is 52.0 Å². The molecule has 4 aliphatic rings. The lowest BCUT2D eigenvalue weighted by Gasteiger charge is -2.31. The normalized spacial score (nSPS) is 19.6. The van der Waals surface area contributed by atoms with Gasteiger partial charge in [-0.15, -0.1) is 22.7 Å². The molecule has 0 unspecified atom stereocenters. The molecule has 15 aromatic heterocycles. The number of nitrogens with zero attached hydrogens (tertiary/aromatic N) is 14. The van der Waals surface area contributed by atoms with Crippen molar-refractivity contribution in [2.75, 3.05) is 0 Å². The zero-order valence-electron chi connectivity index (χ0n) is 77.6. The van der Waals surface area contributed by atoms with Crippen LogP contribution in [0, 0.1) is 80.1 Å². The number of thiophene rings is 2. The summed E-state index contributed by atoms with van der Waals surface area (Å²) in [6.07, 6.45) is 31.6.